The van der Waals surface area contributed by atoms with E-state index >= 15 is 0 Å². The number of nitrogens with one attached hydrogen (secondary N) is 2. The predicted octanol–water partition coefficient (Wildman–Crippen LogP) is 1.19. The first-order chi connectivity index (χ1) is 9.38. The summed E-state index contributed by atoms with van der Waals surface area (Å²) in [7, 11) is 0. The van der Waals surface area contributed by atoms with Crippen molar-refractivity contribution in [2.24, 2.45) is 0 Å². The van der Waals surface area contributed by atoms with Crippen molar-refractivity contribution in [1.29, 1.82) is 0 Å². The number of carbonyl (C=O) groups is 2. The van der Waals surface area contributed by atoms with Crippen molar-refractivity contribution in [2.75, 3.05) is 11.1 Å². The van der Waals surface area contributed by atoms with Crippen LogP contribution in [0.1, 0.15) is 30.1 Å². The van der Waals surface area contributed by atoms with Crippen LogP contribution in [0.4, 0.5) is 15.8 Å². The Hall–Kier alpha value is -2.31. The molecule has 6 nitrogen and oxygen atoms in total. The summed E-state index contributed by atoms with van der Waals surface area (Å²) in [5.74, 6) is -2.49. The maximum absolute atomic E-state index is 13.6. The molecule has 1 unspecified atom stereocenters. The Labute approximate surface area is 115 Å². The van der Waals surface area contributed by atoms with Crippen LogP contribution >= 0.6 is 0 Å². The minimum atomic E-state index is -1.39. The zero-order valence-electron chi connectivity index (χ0n) is 10.9. The molecule has 5 N–H and O–H groups in total. The van der Waals surface area contributed by atoms with E-state index in [1.807, 2.05) is 0 Å². The third kappa shape index (κ3) is 3.17. The van der Waals surface area contributed by atoms with E-state index in [9.17, 15) is 14.0 Å². The molecule has 7 heteroatoms. The van der Waals surface area contributed by atoms with E-state index in [1.165, 1.54) is 0 Å². The van der Waals surface area contributed by atoms with Gasteiger partial charge >= 0.3 is 5.97 Å². The van der Waals surface area contributed by atoms with E-state index < -0.39 is 23.4 Å². The molecule has 0 bridgehead atoms. The maximum atomic E-state index is 13.6. The lowest BCUT2D eigenvalue weighted by Crippen LogP contribution is -2.38. The fourth-order valence-corrected chi connectivity index (χ4v) is 1.73. The number of rotatable bonds is 5. The highest BCUT2D eigenvalue weighted by Gasteiger charge is 2.26. The van der Waals surface area contributed by atoms with Crippen LogP contribution in [0.25, 0.3) is 0 Å². The van der Waals surface area contributed by atoms with E-state index in [2.05, 4.69) is 10.6 Å². The summed E-state index contributed by atoms with van der Waals surface area (Å²) in [5, 5.41) is 14.4. The van der Waals surface area contributed by atoms with Crippen molar-refractivity contribution < 1.29 is 19.1 Å². The van der Waals surface area contributed by atoms with Crippen LogP contribution in [0, 0.1) is 5.82 Å². The Morgan fingerprint density at radius 3 is 2.65 bits per heavy atom. The van der Waals surface area contributed by atoms with Gasteiger partial charge < -0.3 is 21.5 Å². The zero-order valence-corrected chi connectivity index (χ0v) is 10.9. The van der Waals surface area contributed by atoms with Crippen LogP contribution in [-0.4, -0.2) is 29.1 Å². The number of halogens is 1. The molecule has 1 aliphatic rings. The number of hydrogen-bond acceptors (Lipinski definition) is 4. The van der Waals surface area contributed by atoms with Crippen LogP contribution in [0.3, 0.4) is 0 Å². The molecular weight excluding hydrogens is 265 g/mol. The molecule has 1 fully saturated rings. The maximum Gasteiger partial charge on any atom is 0.338 e. The Morgan fingerprint density at radius 2 is 2.10 bits per heavy atom. The minimum Gasteiger partial charge on any atom is -0.478 e. The third-order valence-electron chi connectivity index (χ3n) is 3.06. The second kappa shape index (κ2) is 5.36. The number of carbonyl (C=O) groups excluding carboxylic acids is 1. The quantitative estimate of drug-likeness (QED) is 0.607. The molecule has 1 aromatic carbocycles. The van der Waals surface area contributed by atoms with Crippen molar-refractivity contribution in [3.8, 4) is 0 Å². The molecule has 1 aromatic rings. The molecule has 1 aliphatic carbocycles. The molecule has 0 aliphatic heterocycles. The lowest BCUT2D eigenvalue weighted by atomic mass is 10.1. The van der Waals surface area contributed by atoms with Crippen molar-refractivity contribution in [3.05, 3.63) is 23.5 Å². The molecule has 0 aromatic heterocycles. The lowest BCUT2D eigenvalue weighted by molar-refractivity contribution is -0.121. The van der Waals surface area contributed by atoms with E-state index in [0.29, 0.717) is 0 Å². The number of nitrogens with two attached hydrogens (primary N) is 1. The smallest absolute Gasteiger partial charge is 0.338 e. The van der Waals surface area contributed by atoms with E-state index in [-0.39, 0.29) is 23.3 Å². The van der Waals surface area contributed by atoms with E-state index in [1.54, 1.807) is 6.92 Å². The molecule has 1 amide bonds. The van der Waals surface area contributed by atoms with Gasteiger partial charge in [0.05, 0.1) is 16.9 Å². The van der Waals surface area contributed by atoms with Gasteiger partial charge in [0.15, 0.2) is 0 Å². The number of carboxylic acids is 1. The highest BCUT2D eigenvalue weighted by Crippen LogP contribution is 2.24. The molecule has 1 saturated carbocycles. The number of nitrogen functional groups attached to an aromatic ring is 1. The summed E-state index contributed by atoms with van der Waals surface area (Å²) in [6, 6.07) is 1.66. The Morgan fingerprint density at radius 1 is 1.45 bits per heavy atom. The number of benzene rings is 1. The van der Waals surface area contributed by atoms with Gasteiger partial charge in [0.1, 0.15) is 11.9 Å². The SMILES string of the molecule is CC(Nc1cc(F)c(C(=O)O)cc1N)C(=O)NC1CC1. The second-order valence-electron chi connectivity index (χ2n) is 4.87. The zero-order chi connectivity index (χ0) is 14.9. The predicted molar refractivity (Wildman–Crippen MR) is 72.0 cm³/mol. The monoisotopic (exact) mass is 281 g/mol. The third-order valence-corrected chi connectivity index (χ3v) is 3.06. The van der Waals surface area contributed by atoms with Gasteiger partial charge in [-0.2, -0.15) is 0 Å². The van der Waals surface area contributed by atoms with Gasteiger partial charge in [-0.05, 0) is 31.9 Å². The summed E-state index contributed by atoms with van der Waals surface area (Å²) in [6.45, 7) is 1.63. The summed E-state index contributed by atoms with van der Waals surface area (Å²) in [5.41, 5.74) is 5.45. The molecular formula is C13H16FN3O3. The fourth-order valence-electron chi connectivity index (χ4n) is 1.73. The standard InChI is InChI=1S/C13H16FN3O3/c1-6(12(18)17-7-2-3-7)16-11-5-9(14)8(13(19)20)4-10(11)15/h4-7,16H,2-3,15H2,1H3,(H,17,18)(H,19,20). The first-order valence-electron chi connectivity index (χ1n) is 6.27. The Bertz CT molecular complexity index is 558. The van der Waals surface area contributed by atoms with Gasteiger partial charge in [0.2, 0.25) is 5.91 Å². The summed E-state index contributed by atoms with van der Waals surface area (Å²) in [6.07, 6.45) is 1.95. The molecule has 108 valence electrons. The average molecular weight is 281 g/mol. The summed E-state index contributed by atoms with van der Waals surface area (Å²) >= 11 is 0. The summed E-state index contributed by atoms with van der Waals surface area (Å²) < 4.78 is 13.6. The van der Waals surface area contributed by atoms with Crippen LogP contribution in [0.2, 0.25) is 0 Å². The summed E-state index contributed by atoms with van der Waals surface area (Å²) in [4.78, 5) is 22.5. The highest BCUT2D eigenvalue weighted by atomic mass is 19.1. The van der Waals surface area contributed by atoms with Crippen LogP contribution in [-0.2, 0) is 4.79 Å². The van der Waals surface area contributed by atoms with Crippen LogP contribution < -0.4 is 16.4 Å². The normalized spacial score (nSPS) is 15.5. The first-order valence-corrected chi connectivity index (χ1v) is 6.27. The number of aromatic carboxylic acids is 1. The number of anilines is 2. The molecule has 0 radical (unpaired) electrons. The van der Waals surface area contributed by atoms with Crippen molar-refractivity contribution in [1.82, 2.24) is 5.32 Å². The Kier molecular flexibility index (Phi) is 3.78. The number of hydrogen-bond donors (Lipinski definition) is 4. The molecule has 0 heterocycles. The second-order valence-corrected chi connectivity index (χ2v) is 4.87. The topological polar surface area (TPSA) is 104 Å². The van der Waals surface area contributed by atoms with Crippen molar-refractivity contribution in [2.45, 2.75) is 31.8 Å². The van der Waals surface area contributed by atoms with E-state index in [0.717, 1.165) is 25.0 Å². The molecule has 0 saturated heterocycles. The lowest BCUT2D eigenvalue weighted by Gasteiger charge is -2.17. The minimum absolute atomic E-state index is 0.0786. The van der Waals surface area contributed by atoms with Crippen LogP contribution in [0.5, 0.6) is 0 Å². The van der Waals surface area contributed by atoms with E-state index in [4.69, 9.17) is 10.8 Å². The van der Waals surface area contributed by atoms with Gasteiger partial charge in [0, 0.05) is 6.04 Å². The average Bonchev–Trinajstić information content (AvgIpc) is 3.16. The highest BCUT2D eigenvalue weighted by molar-refractivity contribution is 5.91. The van der Waals surface area contributed by atoms with Gasteiger partial charge in [-0.25, -0.2) is 9.18 Å². The van der Waals surface area contributed by atoms with Crippen LogP contribution in [0.15, 0.2) is 12.1 Å². The first kappa shape index (κ1) is 14.1. The van der Waals surface area contributed by atoms with Crippen molar-refractivity contribution in [3.63, 3.8) is 0 Å². The van der Waals surface area contributed by atoms with Gasteiger partial charge in [-0.3, -0.25) is 4.79 Å². The molecule has 0 spiro atoms. The molecule has 20 heavy (non-hydrogen) atoms. The molecule has 1 atom stereocenters. The van der Waals surface area contributed by atoms with Gasteiger partial charge in [-0.15, -0.1) is 0 Å². The Balaban J connectivity index is 2.10. The largest absolute Gasteiger partial charge is 0.478 e. The fraction of sp³-hybridized carbons (Fsp3) is 0.385. The van der Waals surface area contributed by atoms with Crippen molar-refractivity contribution >= 4 is 23.3 Å². The number of carboxylic acid groups (broad SMARTS) is 1. The number of amides is 1. The molecule has 2 rings (SSSR count). The van der Waals surface area contributed by atoms with Gasteiger partial charge in [0.25, 0.3) is 0 Å². The van der Waals surface area contributed by atoms with Gasteiger partial charge in [-0.1, -0.05) is 0 Å².